The van der Waals surface area contributed by atoms with E-state index in [2.05, 4.69) is 15.3 Å². The van der Waals surface area contributed by atoms with Crippen LogP contribution in [0.5, 0.6) is 0 Å². The number of nitrogens with zero attached hydrogens (tertiary/aromatic N) is 4. The molecule has 3 aliphatic heterocycles. The molecule has 0 saturated heterocycles. The molecule has 3 aromatic carbocycles. The second-order valence-corrected chi connectivity index (χ2v) is 7.71. The number of para-hydroxylation sites is 4. The average Bonchev–Trinajstić information content (AvgIpc) is 3.04. The molecule has 3 aliphatic rings. The van der Waals surface area contributed by atoms with Crippen LogP contribution >= 0.6 is 0 Å². The van der Waals surface area contributed by atoms with Crippen LogP contribution in [0.15, 0.2) is 94.9 Å². The molecule has 6 rings (SSSR count). The molecule has 3 heterocycles. The Morgan fingerprint density at radius 2 is 1.66 bits per heavy atom. The number of rotatable bonds is 1. The Labute approximate surface area is 184 Å². The fourth-order valence-corrected chi connectivity index (χ4v) is 4.46. The van der Waals surface area contributed by atoms with Gasteiger partial charge in [-0.2, -0.15) is 0 Å². The second kappa shape index (κ2) is 7.09. The van der Waals surface area contributed by atoms with E-state index >= 15 is 0 Å². The van der Waals surface area contributed by atoms with Crippen LogP contribution in [0.4, 0.5) is 22.7 Å². The van der Waals surface area contributed by atoms with Crippen LogP contribution in [0, 0.1) is 4.91 Å². The van der Waals surface area contributed by atoms with Crippen molar-refractivity contribution in [2.45, 2.75) is 12.3 Å². The monoisotopic (exact) mass is 420 g/mol. The van der Waals surface area contributed by atoms with Gasteiger partial charge in [0.15, 0.2) is 6.17 Å². The molecule has 2 unspecified atom stereocenters. The number of fused-ring (bicyclic) bond motifs is 4. The first-order valence-electron chi connectivity index (χ1n) is 10.3. The van der Waals surface area contributed by atoms with Crippen molar-refractivity contribution < 1.29 is 4.79 Å². The van der Waals surface area contributed by atoms with Gasteiger partial charge >= 0.3 is 0 Å². The van der Waals surface area contributed by atoms with Gasteiger partial charge in [-0.1, -0.05) is 36.4 Å². The van der Waals surface area contributed by atoms with E-state index in [9.17, 15) is 9.70 Å². The number of hydrogen-bond donors (Lipinski definition) is 1. The number of carbonyl (C=O) groups is 1. The van der Waals surface area contributed by atoms with Gasteiger partial charge in [0.05, 0.1) is 27.3 Å². The zero-order valence-corrected chi connectivity index (χ0v) is 16.9. The summed E-state index contributed by atoms with van der Waals surface area (Å²) in [6.45, 7) is 0. The highest BCUT2D eigenvalue weighted by molar-refractivity contribution is 6.17. The molecule has 32 heavy (non-hydrogen) atoms. The van der Waals surface area contributed by atoms with Crippen LogP contribution in [-0.4, -0.2) is 24.0 Å². The molecule has 1 amide bonds. The molecule has 154 valence electrons. The molecule has 0 saturated carbocycles. The third-order valence-corrected chi connectivity index (χ3v) is 5.90. The first-order valence-corrected chi connectivity index (χ1v) is 10.3. The highest BCUT2D eigenvalue weighted by Crippen LogP contribution is 2.43. The Morgan fingerprint density at radius 1 is 0.906 bits per heavy atom. The molecule has 0 aliphatic carbocycles. The number of benzene rings is 3. The lowest BCUT2D eigenvalue weighted by Crippen LogP contribution is -2.45. The predicted octanol–water partition coefficient (Wildman–Crippen LogP) is 4.78. The molecule has 0 spiro atoms. The Morgan fingerprint density at radius 3 is 2.56 bits per heavy atom. The Kier molecular flexibility index (Phi) is 4.07. The van der Waals surface area contributed by atoms with E-state index in [0.717, 1.165) is 10.3 Å². The smallest absolute Gasteiger partial charge is 0.286 e. The van der Waals surface area contributed by atoms with E-state index in [-0.39, 0.29) is 5.91 Å². The molecule has 0 bridgehead atoms. The lowest BCUT2D eigenvalue weighted by atomic mass is 10.0. The largest absolute Gasteiger partial charge is 0.356 e. The third kappa shape index (κ3) is 2.71. The van der Waals surface area contributed by atoms with Gasteiger partial charge < -0.3 is 10.2 Å². The van der Waals surface area contributed by atoms with Crippen molar-refractivity contribution in [1.29, 1.82) is 0 Å². The van der Waals surface area contributed by atoms with Crippen LogP contribution in [-0.2, 0) is 0 Å². The van der Waals surface area contributed by atoms with Crippen molar-refractivity contribution in [3.63, 3.8) is 0 Å². The van der Waals surface area contributed by atoms with Crippen LogP contribution in [0.3, 0.4) is 0 Å². The molecular formula is C25H18N5O2+. The van der Waals surface area contributed by atoms with Gasteiger partial charge in [0.25, 0.3) is 17.3 Å². The molecule has 7 heteroatoms. The first kappa shape index (κ1) is 18.4. The predicted molar refractivity (Wildman–Crippen MR) is 126 cm³/mol. The second-order valence-electron chi connectivity index (χ2n) is 7.71. The molecule has 0 fully saturated rings. The third-order valence-electron chi connectivity index (χ3n) is 5.90. The van der Waals surface area contributed by atoms with Crippen molar-refractivity contribution in [3.8, 4) is 0 Å². The van der Waals surface area contributed by atoms with Crippen LogP contribution < -0.4 is 15.0 Å². The fraction of sp³-hybridized carbons (Fsp3) is 0.0800. The van der Waals surface area contributed by atoms with Crippen molar-refractivity contribution in [3.05, 3.63) is 101 Å². The molecule has 0 aromatic heterocycles. The highest BCUT2D eigenvalue weighted by Gasteiger charge is 2.41. The Bertz CT molecular complexity index is 1370. The zero-order chi connectivity index (χ0) is 21.7. The molecule has 2 atom stereocenters. The highest BCUT2D eigenvalue weighted by atomic mass is 16.3. The molecular weight excluding hydrogens is 402 g/mol. The number of nitrogens with one attached hydrogen (secondary N) is 1. The van der Waals surface area contributed by atoms with Gasteiger partial charge in [-0.3, -0.25) is 9.79 Å². The summed E-state index contributed by atoms with van der Waals surface area (Å²) in [5.41, 5.74) is 4.31. The van der Waals surface area contributed by atoms with E-state index in [1.165, 1.54) is 0 Å². The minimum atomic E-state index is -0.525. The number of nitroso groups, excluding NO2 is 1. The van der Waals surface area contributed by atoms with Crippen molar-refractivity contribution >= 4 is 40.6 Å². The average molecular weight is 420 g/mol. The topological polar surface area (TPSA) is 77.1 Å². The minimum absolute atomic E-state index is 0.308. The van der Waals surface area contributed by atoms with E-state index in [0.29, 0.717) is 34.0 Å². The normalized spacial score (nSPS) is 20.8. The quantitative estimate of drug-likeness (QED) is 0.575. The van der Waals surface area contributed by atoms with E-state index < -0.39 is 12.3 Å². The summed E-state index contributed by atoms with van der Waals surface area (Å²) in [6.07, 6.45) is 4.30. The van der Waals surface area contributed by atoms with E-state index in [1.807, 2.05) is 71.6 Å². The summed E-state index contributed by atoms with van der Waals surface area (Å²) in [5, 5.41) is 3.55. The van der Waals surface area contributed by atoms with E-state index in [4.69, 9.17) is 0 Å². The summed E-state index contributed by atoms with van der Waals surface area (Å²) in [4.78, 5) is 37.4. The number of hydrogen-bond acceptors (Lipinski definition) is 5. The fourth-order valence-electron chi connectivity index (χ4n) is 4.46. The maximum atomic E-state index is 13.3. The number of anilines is 2. The number of carbonyl (C=O) groups excluding carboxylic acids is 1. The van der Waals surface area contributed by atoms with Gasteiger partial charge in [-0.25, -0.2) is 4.99 Å². The van der Waals surface area contributed by atoms with Crippen LogP contribution in [0.2, 0.25) is 0 Å². The lowest BCUT2D eigenvalue weighted by molar-refractivity contribution is 0.100. The molecule has 0 radical (unpaired) electrons. The molecule has 3 aromatic rings. The van der Waals surface area contributed by atoms with Gasteiger partial charge in [-0.15, -0.1) is 0 Å². The van der Waals surface area contributed by atoms with E-state index in [1.54, 1.807) is 24.4 Å². The minimum Gasteiger partial charge on any atom is -0.356 e. The summed E-state index contributed by atoms with van der Waals surface area (Å²) >= 11 is 0. The molecule has 7 nitrogen and oxygen atoms in total. The van der Waals surface area contributed by atoms with Gasteiger partial charge in [0, 0.05) is 23.3 Å². The van der Waals surface area contributed by atoms with Gasteiger partial charge in [0.2, 0.25) is 0 Å². The van der Waals surface area contributed by atoms with Crippen molar-refractivity contribution in [2.24, 2.45) is 9.98 Å². The summed E-state index contributed by atoms with van der Waals surface area (Å²) in [7, 11) is 0. The van der Waals surface area contributed by atoms with Gasteiger partial charge in [0.1, 0.15) is 11.9 Å². The molecule has 1 N–H and O–H groups in total. The zero-order valence-electron chi connectivity index (χ0n) is 16.9. The van der Waals surface area contributed by atoms with Crippen LogP contribution in [0.1, 0.15) is 22.1 Å². The first-order chi connectivity index (χ1) is 15.7. The van der Waals surface area contributed by atoms with Crippen molar-refractivity contribution in [1.82, 2.24) is 4.76 Å². The number of allylic oxidation sites excluding steroid dienone is 1. The number of dihydropyridines is 1. The summed E-state index contributed by atoms with van der Waals surface area (Å²) in [6, 6.07) is 22.3. The Balaban J connectivity index is 1.63. The lowest BCUT2D eigenvalue weighted by Gasteiger charge is -2.38. The maximum absolute atomic E-state index is 13.3. The maximum Gasteiger partial charge on any atom is 0.286 e. The Hall–Kier alpha value is -4.39. The standard InChI is InChI=1S/C25H18N5O2/c31-25-17-9-2-4-12-20(17)29(24-19(28-25)11-7-15-26-24)23-16-8-1-5-13-21(16)30(32)22-14-6-3-10-18(22)27-23/h1-15,23-24,27H/q+1. The summed E-state index contributed by atoms with van der Waals surface area (Å²) < 4.78 is 0.950. The SMILES string of the molecule is O=C1N=C2C=CC=NC2N(C2Nc3ccccc3[N+](=O)c3ccccc32)c2ccccc21. The number of aliphatic imine (C=N–C) groups is 2. The number of amides is 1. The summed E-state index contributed by atoms with van der Waals surface area (Å²) in [5.74, 6) is -0.308. The van der Waals surface area contributed by atoms with Gasteiger partial charge in [-0.05, 0) is 36.4 Å². The van der Waals surface area contributed by atoms with Crippen molar-refractivity contribution in [2.75, 3.05) is 10.2 Å². The van der Waals surface area contributed by atoms with Crippen LogP contribution in [0.25, 0.3) is 0 Å².